The number of benzene rings is 1. The van der Waals surface area contributed by atoms with Gasteiger partial charge in [0.25, 0.3) is 0 Å². The van der Waals surface area contributed by atoms with Crippen molar-refractivity contribution in [2.75, 3.05) is 7.05 Å². The monoisotopic (exact) mass is 270 g/mol. The van der Waals surface area contributed by atoms with Gasteiger partial charge in [-0.15, -0.1) is 0 Å². The van der Waals surface area contributed by atoms with Crippen molar-refractivity contribution in [3.8, 4) is 0 Å². The first-order chi connectivity index (χ1) is 8.40. The molecule has 0 fully saturated rings. The number of hydrogen-bond acceptors (Lipinski definition) is 2. The fourth-order valence-corrected chi connectivity index (χ4v) is 1.42. The van der Waals surface area contributed by atoms with Crippen molar-refractivity contribution in [2.45, 2.75) is 19.5 Å². The summed E-state index contributed by atoms with van der Waals surface area (Å²) >= 11 is 5.76. The number of carboxylic acids is 1. The number of carbonyl (C=O) groups excluding carboxylic acids is 1. The molecule has 0 saturated heterocycles. The third kappa shape index (κ3) is 4.25. The van der Waals surface area contributed by atoms with Gasteiger partial charge in [-0.2, -0.15) is 0 Å². The van der Waals surface area contributed by atoms with Gasteiger partial charge < -0.3 is 15.3 Å². The highest BCUT2D eigenvalue weighted by molar-refractivity contribution is 6.30. The first kappa shape index (κ1) is 14.3. The molecule has 0 spiro atoms. The van der Waals surface area contributed by atoms with Crippen molar-refractivity contribution in [1.29, 1.82) is 0 Å². The zero-order valence-electron chi connectivity index (χ0n) is 10.2. The number of carboxylic acid groups (broad SMARTS) is 1. The lowest BCUT2D eigenvalue weighted by atomic mass is 10.2. The van der Waals surface area contributed by atoms with Crippen molar-refractivity contribution in [1.82, 2.24) is 10.2 Å². The Hall–Kier alpha value is -1.75. The summed E-state index contributed by atoms with van der Waals surface area (Å²) in [5, 5.41) is 11.7. The molecule has 2 N–H and O–H groups in total. The molecule has 1 aromatic rings. The lowest BCUT2D eigenvalue weighted by Gasteiger charge is -2.19. The van der Waals surface area contributed by atoms with Crippen molar-refractivity contribution in [3.05, 3.63) is 34.9 Å². The first-order valence-electron chi connectivity index (χ1n) is 5.39. The number of urea groups is 1. The molecule has 18 heavy (non-hydrogen) atoms. The second kappa shape index (κ2) is 6.26. The minimum absolute atomic E-state index is 0.384. The smallest absolute Gasteiger partial charge is 0.325 e. The summed E-state index contributed by atoms with van der Waals surface area (Å²) in [5.41, 5.74) is 0.917. The predicted molar refractivity (Wildman–Crippen MR) is 68.5 cm³/mol. The molecule has 6 heteroatoms. The standard InChI is InChI=1S/C12H15ClN2O3/c1-8(11(16)17)14-12(18)15(2)7-9-3-5-10(13)6-4-9/h3-6,8H,7H2,1-2H3,(H,14,18)(H,16,17)/t8-/m1/s1. The second-order valence-electron chi connectivity index (χ2n) is 3.99. The molecule has 0 heterocycles. The number of nitrogens with zero attached hydrogens (tertiary/aromatic N) is 1. The van der Waals surface area contributed by atoms with Crippen LogP contribution in [0.3, 0.4) is 0 Å². The number of aliphatic carboxylic acids is 1. The van der Waals surface area contributed by atoms with Gasteiger partial charge in [0.1, 0.15) is 6.04 Å². The fraction of sp³-hybridized carbons (Fsp3) is 0.333. The Labute approximate surface area is 110 Å². The van der Waals surface area contributed by atoms with Gasteiger partial charge in [0, 0.05) is 18.6 Å². The minimum Gasteiger partial charge on any atom is -0.480 e. The van der Waals surface area contributed by atoms with Gasteiger partial charge in [0.05, 0.1) is 0 Å². The van der Waals surface area contributed by atoms with Crippen LogP contribution in [0.15, 0.2) is 24.3 Å². The maximum atomic E-state index is 11.7. The molecular formula is C12H15ClN2O3. The summed E-state index contributed by atoms with van der Waals surface area (Å²) in [7, 11) is 1.60. The quantitative estimate of drug-likeness (QED) is 0.879. The van der Waals surface area contributed by atoms with Gasteiger partial charge in [-0.3, -0.25) is 4.79 Å². The summed E-state index contributed by atoms with van der Waals surface area (Å²) in [6.07, 6.45) is 0. The molecule has 0 unspecified atom stereocenters. The van der Waals surface area contributed by atoms with Gasteiger partial charge in [-0.25, -0.2) is 4.79 Å². The zero-order chi connectivity index (χ0) is 13.7. The highest BCUT2D eigenvalue weighted by atomic mass is 35.5. The molecule has 0 radical (unpaired) electrons. The Kier molecular flexibility index (Phi) is 4.97. The van der Waals surface area contributed by atoms with Crippen LogP contribution < -0.4 is 5.32 Å². The predicted octanol–water partition coefficient (Wildman–Crippen LogP) is 1.95. The van der Waals surface area contributed by atoms with Crippen LogP contribution in [0, 0.1) is 0 Å². The van der Waals surface area contributed by atoms with E-state index in [0.717, 1.165) is 5.56 Å². The van der Waals surface area contributed by atoms with Crippen LogP contribution in [-0.2, 0) is 11.3 Å². The van der Waals surface area contributed by atoms with Crippen molar-refractivity contribution < 1.29 is 14.7 Å². The van der Waals surface area contributed by atoms with Gasteiger partial charge in [0.15, 0.2) is 0 Å². The van der Waals surface area contributed by atoms with E-state index in [2.05, 4.69) is 5.32 Å². The summed E-state index contributed by atoms with van der Waals surface area (Å²) in [5.74, 6) is -1.07. The summed E-state index contributed by atoms with van der Waals surface area (Å²) < 4.78 is 0. The van der Waals surface area contributed by atoms with Gasteiger partial charge in [-0.1, -0.05) is 23.7 Å². The molecule has 2 amide bonds. The van der Waals surface area contributed by atoms with Gasteiger partial charge >= 0.3 is 12.0 Å². The van der Waals surface area contributed by atoms with E-state index >= 15 is 0 Å². The SMILES string of the molecule is C[C@@H](NC(=O)N(C)Cc1ccc(Cl)cc1)C(=O)O. The summed E-state index contributed by atoms with van der Waals surface area (Å²) in [6, 6.07) is 5.76. The number of halogens is 1. The third-order valence-corrected chi connectivity index (χ3v) is 2.64. The molecule has 0 bridgehead atoms. The lowest BCUT2D eigenvalue weighted by Crippen LogP contribution is -2.44. The molecule has 5 nitrogen and oxygen atoms in total. The largest absolute Gasteiger partial charge is 0.480 e. The minimum atomic E-state index is -1.07. The van der Waals surface area contributed by atoms with E-state index in [0.29, 0.717) is 11.6 Å². The lowest BCUT2D eigenvalue weighted by molar-refractivity contribution is -0.138. The number of rotatable bonds is 4. The summed E-state index contributed by atoms with van der Waals surface area (Å²) in [6.45, 7) is 1.80. The van der Waals surface area contributed by atoms with Crippen LogP contribution in [0.4, 0.5) is 4.79 Å². The normalized spacial score (nSPS) is 11.7. The van der Waals surface area contributed by atoms with Crippen LogP contribution >= 0.6 is 11.6 Å². The second-order valence-corrected chi connectivity index (χ2v) is 4.43. The van der Waals surface area contributed by atoms with Crippen molar-refractivity contribution >= 4 is 23.6 Å². The Bertz CT molecular complexity index is 433. The molecule has 1 rings (SSSR count). The molecule has 0 aromatic heterocycles. The number of carbonyl (C=O) groups is 2. The Morgan fingerprint density at radius 1 is 1.39 bits per heavy atom. The molecule has 98 valence electrons. The summed E-state index contributed by atoms with van der Waals surface area (Å²) in [4.78, 5) is 23.7. The van der Waals surface area contributed by atoms with Crippen LogP contribution in [0.25, 0.3) is 0 Å². The maximum Gasteiger partial charge on any atom is 0.325 e. The number of nitrogens with one attached hydrogen (secondary N) is 1. The molecule has 0 aliphatic heterocycles. The van der Waals surface area contributed by atoms with Gasteiger partial charge in [0.2, 0.25) is 0 Å². The van der Waals surface area contributed by atoms with E-state index in [-0.39, 0.29) is 0 Å². The van der Waals surface area contributed by atoms with Crippen LogP contribution in [-0.4, -0.2) is 35.1 Å². The highest BCUT2D eigenvalue weighted by Gasteiger charge is 2.16. The van der Waals surface area contributed by atoms with E-state index in [4.69, 9.17) is 16.7 Å². The van der Waals surface area contributed by atoms with E-state index in [1.165, 1.54) is 11.8 Å². The Balaban J connectivity index is 2.54. The van der Waals surface area contributed by atoms with Crippen LogP contribution in [0.1, 0.15) is 12.5 Å². The van der Waals surface area contributed by atoms with E-state index in [9.17, 15) is 9.59 Å². The average Bonchev–Trinajstić information content (AvgIpc) is 2.31. The topological polar surface area (TPSA) is 69.6 Å². The Morgan fingerprint density at radius 3 is 2.44 bits per heavy atom. The molecule has 0 saturated carbocycles. The molecule has 0 aliphatic rings. The molecule has 1 aromatic carbocycles. The van der Waals surface area contributed by atoms with Gasteiger partial charge in [-0.05, 0) is 24.6 Å². The van der Waals surface area contributed by atoms with Crippen LogP contribution in [0.5, 0.6) is 0 Å². The van der Waals surface area contributed by atoms with E-state index in [1.54, 1.807) is 19.2 Å². The Morgan fingerprint density at radius 2 is 1.94 bits per heavy atom. The first-order valence-corrected chi connectivity index (χ1v) is 5.77. The third-order valence-electron chi connectivity index (χ3n) is 2.39. The van der Waals surface area contributed by atoms with Crippen molar-refractivity contribution in [2.24, 2.45) is 0 Å². The van der Waals surface area contributed by atoms with E-state index < -0.39 is 18.0 Å². The number of hydrogen-bond donors (Lipinski definition) is 2. The molecule has 1 atom stereocenters. The van der Waals surface area contributed by atoms with E-state index in [1.807, 2.05) is 12.1 Å². The average molecular weight is 271 g/mol. The molecular weight excluding hydrogens is 256 g/mol. The highest BCUT2D eigenvalue weighted by Crippen LogP contribution is 2.10. The number of amides is 2. The maximum absolute atomic E-state index is 11.7. The van der Waals surface area contributed by atoms with Crippen molar-refractivity contribution in [3.63, 3.8) is 0 Å². The molecule has 0 aliphatic carbocycles. The zero-order valence-corrected chi connectivity index (χ0v) is 10.9. The fourth-order valence-electron chi connectivity index (χ4n) is 1.29. The van der Waals surface area contributed by atoms with Crippen LogP contribution in [0.2, 0.25) is 5.02 Å².